The first-order chi connectivity index (χ1) is 6.65. The molecule has 0 fully saturated rings. The van der Waals surface area contributed by atoms with Crippen molar-refractivity contribution in [3.05, 3.63) is 42.0 Å². The fourth-order valence-corrected chi connectivity index (χ4v) is 1.14. The summed E-state index contributed by atoms with van der Waals surface area (Å²) in [7, 11) is 1.75. The molecule has 14 heavy (non-hydrogen) atoms. The topological polar surface area (TPSA) is 54.0 Å². The van der Waals surface area contributed by atoms with Crippen molar-refractivity contribution >= 4 is 5.70 Å². The molecule has 1 aromatic carbocycles. The van der Waals surface area contributed by atoms with Crippen molar-refractivity contribution in [1.82, 2.24) is 5.01 Å². The molecule has 0 atom stereocenters. The highest BCUT2D eigenvalue weighted by Crippen LogP contribution is 2.16. The van der Waals surface area contributed by atoms with Gasteiger partial charge in [0, 0.05) is 7.05 Å². The van der Waals surface area contributed by atoms with Crippen LogP contribution in [-0.4, -0.2) is 12.1 Å². The predicted octanol–water partition coefficient (Wildman–Crippen LogP) is 2.14. The van der Waals surface area contributed by atoms with Crippen LogP contribution < -0.4 is 5.84 Å². The quantitative estimate of drug-likeness (QED) is 0.451. The molecule has 4 heteroatoms. The Labute approximate surface area is 83.7 Å². The van der Waals surface area contributed by atoms with Gasteiger partial charge in [-0.05, 0) is 23.8 Å². The molecule has 74 valence electrons. The average molecular weight is 190 g/mol. The van der Waals surface area contributed by atoms with E-state index in [2.05, 4.69) is 17.0 Å². The summed E-state index contributed by atoms with van der Waals surface area (Å²) in [5.74, 6) is 4.95. The van der Waals surface area contributed by atoms with Gasteiger partial charge in [0.05, 0.1) is 5.70 Å². The molecule has 0 aliphatic heterocycles. The van der Waals surface area contributed by atoms with E-state index in [4.69, 9.17) is 5.84 Å². The molecule has 1 rings (SSSR count). The van der Waals surface area contributed by atoms with Crippen molar-refractivity contribution < 1.29 is 0 Å². The first-order valence-corrected chi connectivity index (χ1v) is 4.25. The Balaban J connectivity index is 2.89. The number of nitrogens with zero attached hydrogens (tertiary/aromatic N) is 3. The first kappa shape index (κ1) is 10.2. The summed E-state index contributed by atoms with van der Waals surface area (Å²) in [5.41, 5.74) is 2.96. The van der Waals surface area contributed by atoms with Crippen molar-refractivity contribution in [3.8, 4) is 0 Å². The van der Waals surface area contributed by atoms with E-state index < -0.39 is 0 Å². The van der Waals surface area contributed by atoms with Gasteiger partial charge in [-0.25, -0.2) is 5.01 Å². The van der Waals surface area contributed by atoms with Gasteiger partial charge in [0.2, 0.25) is 0 Å². The molecule has 0 saturated heterocycles. The maximum atomic E-state index is 4.95. The Kier molecular flexibility index (Phi) is 3.23. The Morgan fingerprint density at radius 3 is 2.79 bits per heavy atom. The maximum Gasteiger partial charge on any atom is 0.0609 e. The largest absolute Gasteiger partial charge is 0.303 e. The Bertz CT molecular complexity index is 357. The van der Waals surface area contributed by atoms with Crippen LogP contribution in [0.3, 0.4) is 0 Å². The summed E-state index contributed by atoms with van der Waals surface area (Å²) < 4.78 is 0. The Morgan fingerprint density at radius 2 is 2.21 bits per heavy atom. The molecule has 0 radical (unpaired) electrons. The lowest BCUT2D eigenvalue weighted by atomic mass is 10.1. The molecule has 4 nitrogen and oxygen atoms in total. The summed E-state index contributed by atoms with van der Waals surface area (Å²) in [6.07, 6.45) is 0. The molecule has 2 N–H and O–H groups in total. The highest BCUT2D eigenvalue weighted by atomic mass is 15.6. The standard InChI is InChI=1S/C10H14N4/c1-8-5-4-6-10(7-8)9(2)14(3)13-12-11/h4-7H,2H2,1,3H3,(H2,11,13). The minimum atomic E-state index is 0.767. The Morgan fingerprint density at radius 1 is 1.50 bits per heavy atom. The smallest absolute Gasteiger partial charge is 0.0609 e. The van der Waals surface area contributed by atoms with Crippen LogP contribution in [0.25, 0.3) is 5.70 Å². The second-order valence-corrected chi connectivity index (χ2v) is 3.04. The second-order valence-electron chi connectivity index (χ2n) is 3.04. The molecule has 0 aliphatic rings. The molecule has 0 aromatic heterocycles. The second kappa shape index (κ2) is 4.41. The van der Waals surface area contributed by atoms with Crippen molar-refractivity contribution in [1.29, 1.82) is 0 Å². The number of aryl methyl sites for hydroxylation is 1. The van der Waals surface area contributed by atoms with Gasteiger partial charge in [-0.1, -0.05) is 35.6 Å². The summed E-state index contributed by atoms with van der Waals surface area (Å²) in [5, 5.41) is 8.40. The lowest BCUT2D eigenvalue weighted by molar-refractivity contribution is 0.471. The number of nitrogens with two attached hydrogens (primary N) is 1. The van der Waals surface area contributed by atoms with Crippen LogP contribution in [0, 0.1) is 6.92 Å². The van der Waals surface area contributed by atoms with E-state index in [1.807, 2.05) is 31.2 Å². The van der Waals surface area contributed by atoms with Crippen LogP contribution in [0.4, 0.5) is 0 Å². The van der Waals surface area contributed by atoms with Gasteiger partial charge in [-0.15, -0.1) is 0 Å². The van der Waals surface area contributed by atoms with Crippen molar-refractivity contribution in [2.75, 3.05) is 7.05 Å². The van der Waals surface area contributed by atoms with E-state index in [0.717, 1.165) is 11.3 Å². The molecule has 0 unspecified atom stereocenters. The van der Waals surface area contributed by atoms with Gasteiger partial charge in [0.25, 0.3) is 0 Å². The minimum absolute atomic E-state index is 0.767. The molecule has 0 heterocycles. The van der Waals surface area contributed by atoms with Gasteiger partial charge < -0.3 is 5.84 Å². The summed E-state index contributed by atoms with van der Waals surface area (Å²) in [6.45, 7) is 5.93. The van der Waals surface area contributed by atoms with Crippen LogP contribution in [-0.2, 0) is 0 Å². The molecule has 0 spiro atoms. The van der Waals surface area contributed by atoms with Gasteiger partial charge in [-0.2, -0.15) is 0 Å². The minimum Gasteiger partial charge on any atom is -0.303 e. The van der Waals surface area contributed by atoms with E-state index in [9.17, 15) is 0 Å². The molecular weight excluding hydrogens is 176 g/mol. The first-order valence-electron chi connectivity index (χ1n) is 4.25. The number of hydrogen-bond acceptors (Lipinski definition) is 2. The lowest BCUT2D eigenvalue weighted by Gasteiger charge is -2.14. The molecule has 0 aliphatic carbocycles. The zero-order valence-corrected chi connectivity index (χ0v) is 8.44. The van der Waals surface area contributed by atoms with Crippen LogP contribution in [0.2, 0.25) is 0 Å². The Hall–Kier alpha value is -1.84. The van der Waals surface area contributed by atoms with Gasteiger partial charge >= 0.3 is 0 Å². The number of hydrogen-bond donors (Lipinski definition) is 1. The number of benzene rings is 1. The molecule has 0 amide bonds. The summed E-state index contributed by atoms with van der Waals surface area (Å²) in [6, 6.07) is 8.01. The molecule has 0 bridgehead atoms. The van der Waals surface area contributed by atoms with Gasteiger partial charge in [0.15, 0.2) is 0 Å². The van der Waals surface area contributed by atoms with Gasteiger partial charge in [-0.3, -0.25) is 0 Å². The SMILES string of the molecule is C=C(c1cccc(C)c1)N(C)/N=N\N. The highest BCUT2D eigenvalue weighted by Gasteiger charge is 2.03. The zero-order valence-electron chi connectivity index (χ0n) is 8.44. The van der Waals surface area contributed by atoms with E-state index in [1.165, 1.54) is 10.6 Å². The van der Waals surface area contributed by atoms with Crippen LogP contribution in [0.1, 0.15) is 11.1 Å². The molecular formula is C10H14N4. The third-order valence-electron chi connectivity index (χ3n) is 1.93. The maximum absolute atomic E-state index is 4.95. The van der Waals surface area contributed by atoms with Crippen molar-refractivity contribution in [3.63, 3.8) is 0 Å². The predicted molar refractivity (Wildman–Crippen MR) is 57.0 cm³/mol. The molecule has 0 saturated carbocycles. The third-order valence-corrected chi connectivity index (χ3v) is 1.93. The van der Waals surface area contributed by atoms with E-state index >= 15 is 0 Å². The monoisotopic (exact) mass is 190 g/mol. The summed E-state index contributed by atoms with van der Waals surface area (Å²) in [4.78, 5) is 0. The fraction of sp³-hybridized carbons (Fsp3) is 0.200. The van der Waals surface area contributed by atoms with E-state index in [0.29, 0.717) is 0 Å². The molecule has 1 aromatic rings. The lowest BCUT2D eigenvalue weighted by Crippen LogP contribution is -2.08. The van der Waals surface area contributed by atoms with Crippen molar-refractivity contribution in [2.24, 2.45) is 16.3 Å². The number of rotatable bonds is 3. The van der Waals surface area contributed by atoms with Crippen LogP contribution in [0.15, 0.2) is 41.3 Å². The third kappa shape index (κ3) is 2.32. The van der Waals surface area contributed by atoms with Crippen LogP contribution >= 0.6 is 0 Å². The fourth-order valence-electron chi connectivity index (χ4n) is 1.14. The van der Waals surface area contributed by atoms with E-state index in [1.54, 1.807) is 7.05 Å². The summed E-state index contributed by atoms with van der Waals surface area (Å²) >= 11 is 0. The zero-order chi connectivity index (χ0) is 10.6. The van der Waals surface area contributed by atoms with E-state index in [-0.39, 0.29) is 0 Å². The van der Waals surface area contributed by atoms with Crippen LogP contribution in [0.5, 0.6) is 0 Å². The van der Waals surface area contributed by atoms with Crippen molar-refractivity contribution in [2.45, 2.75) is 6.92 Å². The van der Waals surface area contributed by atoms with Gasteiger partial charge in [0.1, 0.15) is 0 Å². The normalized spacial score (nSPS) is 10.4. The average Bonchev–Trinajstić information content (AvgIpc) is 2.17. The highest BCUT2D eigenvalue weighted by molar-refractivity contribution is 5.61.